The van der Waals surface area contributed by atoms with Crippen molar-refractivity contribution in [2.45, 2.75) is 47.1 Å². The first-order valence-electron chi connectivity index (χ1n) is 6.34. The molecule has 0 aromatic carbocycles. The van der Waals surface area contributed by atoms with E-state index in [2.05, 4.69) is 5.32 Å². The Bertz CT molecular complexity index is 353. The van der Waals surface area contributed by atoms with Gasteiger partial charge in [-0.15, -0.1) is 0 Å². The first-order valence-corrected chi connectivity index (χ1v) is 6.34. The molecular formula is C13H23NO5. The Hall–Kier alpha value is -1.59. The van der Waals surface area contributed by atoms with Gasteiger partial charge in [0.05, 0.1) is 12.0 Å². The first-order chi connectivity index (χ1) is 8.65. The van der Waals surface area contributed by atoms with E-state index in [0.29, 0.717) is 0 Å². The highest BCUT2D eigenvalue weighted by molar-refractivity contribution is 5.88. The van der Waals surface area contributed by atoms with E-state index in [1.807, 2.05) is 0 Å². The summed E-state index contributed by atoms with van der Waals surface area (Å²) in [5.41, 5.74) is -1.15. The van der Waals surface area contributed by atoms with Gasteiger partial charge < -0.3 is 15.2 Å². The van der Waals surface area contributed by atoms with E-state index in [1.165, 1.54) is 13.8 Å². The van der Waals surface area contributed by atoms with E-state index >= 15 is 0 Å². The molecule has 6 nitrogen and oxygen atoms in total. The van der Waals surface area contributed by atoms with Gasteiger partial charge in [0.25, 0.3) is 0 Å². The molecule has 0 bridgehead atoms. The molecular weight excluding hydrogens is 250 g/mol. The Balaban J connectivity index is 4.61. The molecule has 0 aliphatic carbocycles. The van der Waals surface area contributed by atoms with E-state index in [4.69, 9.17) is 4.74 Å². The zero-order valence-electron chi connectivity index (χ0n) is 12.1. The minimum absolute atomic E-state index is 0.177. The van der Waals surface area contributed by atoms with Gasteiger partial charge in [0.1, 0.15) is 6.04 Å². The maximum Gasteiger partial charge on any atom is 0.328 e. The fourth-order valence-electron chi connectivity index (χ4n) is 1.48. The average Bonchev–Trinajstić information content (AvgIpc) is 2.28. The van der Waals surface area contributed by atoms with Crippen LogP contribution in [0.3, 0.4) is 0 Å². The molecule has 2 N–H and O–H groups in total. The van der Waals surface area contributed by atoms with Crippen LogP contribution in [0.1, 0.15) is 41.0 Å². The molecule has 0 saturated heterocycles. The number of amides is 1. The van der Waals surface area contributed by atoms with Gasteiger partial charge >= 0.3 is 11.9 Å². The molecule has 0 aliphatic heterocycles. The molecule has 2 unspecified atom stereocenters. The maximum absolute atomic E-state index is 11.8. The molecule has 0 radical (unpaired) electrons. The fourth-order valence-corrected chi connectivity index (χ4v) is 1.48. The molecule has 110 valence electrons. The molecule has 0 heterocycles. The predicted molar refractivity (Wildman–Crippen MR) is 69.4 cm³/mol. The molecule has 0 aromatic heterocycles. The number of hydrogen-bond acceptors (Lipinski definition) is 4. The van der Waals surface area contributed by atoms with E-state index in [1.54, 1.807) is 20.8 Å². The molecule has 0 saturated carbocycles. The molecule has 0 rings (SSSR count). The van der Waals surface area contributed by atoms with E-state index in [-0.39, 0.29) is 18.9 Å². The number of esters is 1. The van der Waals surface area contributed by atoms with Crippen molar-refractivity contribution in [3.05, 3.63) is 0 Å². The second-order valence-corrected chi connectivity index (χ2v) is 5.10. The lowest BCUT2D eigenvalue weighted by molar-refractivity contribution is -0.154. The number of carbonyl (C=O) groups excluding carboxylic acids is 2. The van der Waals surface area contributed by atoms with Crippen molar-refractivity contribution in [3.63, 3.8) is 0 Å². The topological polar surface area (TPSA) is 92.7 Å². The zero-order valence-corrected chi connectivity index (χ0v) is 12.1. The summed E-state index contributed by atoms with van der Waals surface area (Å²) in [5.74, 6) is -2.23. The Kier molecular flexibility index (Phi) is 6.52. The minimum Gasteiger partial charge on any atom is -0.481 e. The highest BCUT2D eigenvalue weighted by Gasteiger charge is 2.39. The van der Waals surface area contributed by atoms with Crippen LogP contribution < -0.4 is 5.32 Å². The van der Waals surface area contributed by atoms with Gasteiger partial charge in [-0.25, -0.2) is 4.79 Å². The largest absolute Gasteiger partial charge is 0.481 e. The number of aliphatic carboxylic acids is 1. The summed E-state index contributed by atoms with van der Waals surface area (Å²) in [6, 6.07) is -0.780. The minimum atomic E-state index is -1.15. The van der Waals surface area contributed by atoms with Gasteiger partial charge in [-0.2, -0.15) is 0 Å². The maximum atomic E-state index is 11.8. The summed E-state index contributed by atoms with van der Waals surface area (Å²) in [7, 11) is 0. The second-order valence-electron chi connectivity index (χ2n) is 5.10. The van der Waals surface area contributed by atoms with Gasteiger partial charge in [0.2, 0.25) is 5.91 Å². The van der Waals surface area contributed by atoms with Gasteiger partial charge in [-0.3, -0.25) is 9.59 Å². The molecule has 1 amide bonds. The lowest BCUT2D eigenvalue weighted by atomic mass is 9.76. The van der Waals surface area contributed by atoms with Gasteiger partial charge in [0.15, 0.2) is 0 Å². The van der Waals surface area contributed by atoms with Crippen LogP contribution in [0, 0.1) is 11.3 Å². The van der Waals surface area contributed by atoms with Crippen LogP contribution in [0.25, 0.3) is 0 Å². The Labute approximate surface area is 113 Å². The van der Waals surface area contributed by atoms with E-state index in [9.17, 15) is 19.5 Å². The van der Waals surface area contributed by atoms with Crippen molar-refractivity contribution in [2.75, 3.05) is 6.61 Å². The van der Waals surface area contributed by atoms with Crippen LogP contribution in [-0.4, -0.2) is 35.6 Å². The molecule has 0 spiro atoms. The van der Waals surface area contributed by atoms with Crippen LogP contribution in [0.4, 0.5) is 0 Å². The number of ether oxygens (including phenoxy) is 1. The number of hydrogen-bond donors (Lipinski definition) is 2. The van der Waals surface area contributed by atoms with Crippen molar-refractivity contribution in [1.82, 2.24) is 5.32 Å². The lowest BCUT2D eigenvalue weighted by Crippen LogP contribution is -2.44. The Morgan fingerprint density at radius 3 is 2.16 bits per heavy atom. The normalized spacial score (nSPS) is 15.5. The van der Waals surface area contributed by atoms with Crippen molar-refractivity contribution < 1.29 is 24.2 Å². The standard InChI is InChI=1S/C13H23NO5/c1-6-19-11(16)9(4)14-10(15)7-13(5,8(2)3)12(17)18/h8-9H,6-7H2,1-5H3,(H,14,15)(H,17,18). The van der Waals surface area contributed by atoms with E-state index < -0.39 is 29.3 Å². The smallest absolute Gasteiger partial charge is 0.328 e. The molecule has 0 fully saturated rings. The summed E-state index contributed by atoms with van der Waals surface area (Å²) >= 11 is 0. The number of carboxylic acids is 1. The summed E-state index contributed by atoms with van der Waals surface area (Å²) < 4.78 is 4.76. The van der Waals surface area contributed by atoms with Crippen molar-refractivity contribution in [2.24, 2.45) is 11.3 Å². The van der Waals surface area contributed by atoms with Crippen LogP contribution in [-0.2, 0) is 19.1 Å². The lowest BCUT2D eigenvalue weighted by Gasteiger charge is -2.28. The van der Waals surface area contributed by atoms with Crippen molar-refractivity contribution in [3.8, 4) is 0 Å². The van der Waals surface area contributed by atoms with Crippen LogP contribution >= 0.6 is 0 Å². The monoisotopic (exact) mass is 273 g/mol. The number of carboxylic acid groups (broad SMARTS) is 1. The van der Waals surface area contributed by atoms with Crippen LogP contribution in [0.2, 0.25) is 0 Å². The van der Waals surface area contributed by atoms with Crippen molar-refractivity contribution in [1.29, 1.82) is 0 Å². The van der Waals surface area contributed by atoms with E-state index in [0.717, 1.165) is 0 Å². The molecule has 2 atom stereocenters. The molecule has 19 heavy (non-hydrogen) atoms. The van der Waals surface area contributed by atoms with Gasteiger partial charge in [-0.1, -0.05) is 13.8 Å². The summed E-state index contributed by atoms with van der Waals surface area (Å²) in [4.78, 5) is 34.4. The predicted octanol–water partition coefficient (Wildman–Crippen LogP) is 1.19. The molecule has 6 heteroatoms. The summed E-state index contributed by atoms with van der Waals surface area (Å²) in [6.45, 7) is 8.43. The molecule has 0 aromatic rings. The number of nitrogens with one attached hydrogen (secondary N) is 1. The fraction of sp³-hybridized carbons (Fsp3) is 0.769. The third-order valence-corrected chi connectivity index (χ3v) is 3.31. The van der Waals surface area contributed by atoms with Crippen LogP contribution in [0.5, 0.6) is 0 Å². The summed E-state index contributed by atoms with van der Waals surface area (Å²) in [6.07, 6.45) is -0.177. The van der Waals surface area contributed by atoms with Crippen molar-refractivity contribution >= 4 is 17.8 Å². The first kappa shape index (κ1) is 17.4. The SMILES string of the molecule is CCOC(=O)C(C)NC(=O)CC(C)(C(=O)O)C(C)C. The second kappa shape index (κ2) is 7.11. The third-order valence-electron chi connectivity index (χ3n) is 3.31. The zero-order chi connectivity index (χ0) is 15.2. The highest BCUT2D eigenvalue weighted by atomic mass is 16.5. The van der Waals surface area contributed by atoms with Gasteiger partial charge in [0, 0.05) is 6.42 Å². The summed E-state index contributed by atoms with van der Waals surface area (Å²) in [5, 5.41) is 11.7. The average molecular weight is 273 g/mol. The number of carbonyl (C=O) groups is 3. The quantitative estimate of drug-likeness (QED) is 0.680. The third kappa shape index (κ3) is 4.89. The van der Waals surface area contributed by atoms with Crippen LogP contribution in [0.15, 0.2) is 0 Å². The van der Waals surface area contributed by atoms with Gasteiger partial charge in [-0.05, 0) is 26.7 Å². The highest BCUT2D eigenvalue weighted by Crippen LogP contribution is 2.31. The molecule has 0 aliphatic rings. The Morgan fingerprint density at radius 1 is 1.26 bits per heavy atom. The number of rotatable bonds is 7. The Morgan fingerprint density at radius 2 is 1.79 bits per heavy atom.